The van der Waals surface area contributed by atoms with Crippen molar-refractivity contribution in [2.75, 3.05) is 12.4 Å². The lowest BCUT2D eigenvalue weighted by Gasteiger charge is -2.07. The molecule has 0 fully saturated rings. The first-order valence-corrected chi connectivity index (χ1v) is 9.44. The van der Waals surface area contributed by atoms with E-state index in [1.54, 1.807) is 72.7 Å². The first-order valence-electron chi connectivity index (χ1n) is 9.44. The molecule has 154 valence electrons. The SMILES string of the molecule is COc1ccc(/C=C/C(=O)Nc2ccc(Oc3ccc(-n4cccn4)nn3)cc2)cc1. The van der Waals surface area contributed by atoms with Crippen LogP contribution >= 0.6 is 0 Å². The van der Waals surface area contributed by atoms with E-state index in [1.165, 1.54) is 6.08 Å². The number of nitrogens with one attached hydrogen (secondary N) is 1. The van der Waals surface area contributed by atoms with Gasteiger partial charge in [-0.25, -0.2) is 4.68 Å². The van der Waals surface area contributed by atoms with Gasteiger partial charge < -0.3 is 14.8 Å². The molecule has 31 heavy (non-hydrogen) atoms. The number of aromatic nitrogens is 4. The molecule has 4 aromatic rings. The van der Waals surface area contributed by atoms with Gasteiger partial charge in [-0.3, -0.25) is 4.79 Å². The minimum atomic E-state index is -0.232. The fourth-order valence-corrected chi connectivity index (χ4v) is 2.69. The summed E-state index contributed by atoms with van der Waals surface area (Å²) in [6.07, 6.45) is 6.66. The highest BCUT2D eigenvalue weighted by atomic mass is 16.5. The van der Waals surface area contributed by atoms with Crippen molar-refractivity contribution in [1.29, 1.82) is 0 Å². The average Bonchev–Trinajstić information content (AvgIpc) is 3.35. The van der Waals surface area contributed by atoms with Crippen LogP contribution in [0.5, 0.6) is 17.4 Å². The van der Waals surface area contributed by atoms with Gasteiger partial charge in [0.25, 0.3) is 0 Å². The van der Waals surface area contributed by atoms with E-state index in [0.29, 0.717) is 23.1 Å². The Hall–Kier alpha value is -4.46. The van der Waals surface area contributed by atoms with Crippen molar-refractivity contribution >= 4 is 17.7 Å². The highest BCUT2D eigenvalue weighted by Gasteiger charge is 2.04. The summed E-state index contributed by atoms with van der Waals surface area (Å²) < 4.78 is 12.4. The van der Waals surface area contributed by atoms with Crippen molar-refractivity contribution in [3.05, 3.63) is 90.8 Å². The van der Waals surface area contributed by atoms with Crippen LogP contribution in [-0.2, 0) is 4.79 Å². The number of nitrogens with zero attached hydrogens (tertiary/aromatic N) is 4. The predicted molar refractivity (Wildman–Crippen MR) is 116 cm³/mol. The number of hydrogen-bond donors (Lipinski definition) is 1. The molecule has 0 radical (unpaired) electrons. The second kappa shape index (κ2) is 9.36. The van der Waals surface area contributed by atoms with Crippen LogP contribution in [0.1, 0.15) is 5.56 Å². The largest absolute Gasteiger partial charge is 0.497 e. The Labute approximate surface area is 178 Å². The summed E-state index contributed by atoms with van der Waals surface area (Å²) in [6, 6.07) is 19.7. The third-order valence-corrected chi connectivity index (χ3v) is 4.25. The van der Waals surface area contributed by atoms with Crippen molar-refractivity contribution in [3.8, 4) is 23.2 Å². The molecule has 0 unspecified atom stereocenters. The first kappa shape index (κ1) is 19.8. The van der Waals surface area contributed by atoms with Crippen molar-refractivity contribution in [2.45, 2.75) is 0 Å². The number of hydrogen-bond acceptors (Lipinski definition) is 6. The molecule has 4 rings (SSSR count). The molecule has 0 saturated carbocycles. The molecule has 2 heterocycles. The van der Waals surface area contributed by atoms with Gasteiger partial charge in [0.2, 0.25) is 11.8 Å². The molecular weight excluding hydrogens is 394 g/mol. The van der Waals surface area contributed by atoms with Crippen LogP contribution in [0, 0.1) is 0 Å². The highest BCUT2D eigenvalue weighted by molar-refractivity contribution is 6.01. The highest BCUT2D eigenvalue weighted by Crippen LogP contribution is 2.21. The lowest BCUT2D eigenvalue weighted by atomic mass is 10.2. The Bertz CT molecular complexity index is 1150. The Morgan fingerprint density at radius 2 is 1.74 bits per heavy atom. The lowest BCUT2D eigenvalue weighted by molar-refractivity contribution is -0.111. The van der Waals surface area contributed by atoms with Gasteiger partial charge in [0, 0.05) is 30.2 Å². The van der Waals surface area contributed by atoms with Gasteiger partial charge in [0.15, 0.2) is 5.82 Å². The number of methoxy groups -OCH3 is 1. The third kappa shape index (κ3) is 5.33. The monoisotopic (exact) mass is 413 g/mol. The zero-order valence-electron chi connectivity index (χ0n) is 16.7. The zero-order chi connectivity index (χ0) is 21.5. The van der Waals surface area contributed by atoms with Crippen LogP contribution in [0.15, 0.2) is 85.2 Å². The standard InChI is InChI=1S/C23H19N5O3/c1-30-19-8-3-17(4-9-19)5-13-22(29)25-18-6-10-20(11-7-18)31-23-14-12-21(26-27-23)28-16-2-15-24-28/h2-16H,1H3,(H,25,29)/b13-5+. The minimum Gasteiger partial charge on any atom is -0.497 e. The number of anilines is 1. The van der Waals surface area contributed by atoms with E-state index in [0.717, 1.165) is 11.3 Å². The van der Waals surface area contributed by atoms with E-state index in [2.05, 4.69) is 20.6 Å². The van der Waals surface area contributed by atoms with Gasteiger partial charge in [-0.05, 0) is 60.2 Å². The Balaban J connectivity index is 1.32. The summed E-state index contributed by atoms with van der Waals surface area (Å²) in [5.41, 5.74) is 1.55. The number of ether oxygens (including phenoxy) is 2. The smallest absolute Gasteiger partial charge is 0.248 e. The van der Waals surface area contributed by atoms with Gasteiger partial charge >= 0.3 is 0 Å². The van der Waals surface area contributed by atoms with Crippen molar-refractivity contribution in [3.63, 3.8) is 0 Å². The molecular formula is C23H19N5O3. The maximum atomic E-state index is 12.1. The number of benzene rings is 2. The zero-order valence-corrected chi connectivity index (χ0v) is 16.7. The fourth-order valence-electron chi connectivity index (χ4n) is 2.69. The van der Waals surface area contributed by atoms with Crippen LogP contribution in [0.4, 0.5) is 5.69 Å². The molecule has 8 heteroatoms. The van der Waals surface area contributed by atoms with E-state index in [9.17, 15) is 4.79 Å². The summed E-state index contributed by atoms with van der Waals surface area (Å²) in [6.45, 7) is 0. The molecule has 0 bridgehead atoms. The summed E-state index contributed by atoms with van der Waals surface area (Å²) in [4.78, 5) is 12.1. The predicted octanol–water partition coefficient (Wildman–Crippen LogP) is 4.12. The van der Waals surface area contributed by atoms with Crippen LogP contribution < -0.4 is 14.8 Å². The molecule has 1 N–H and O–H groups in total. The van der Waals surface area contributed by atoms with Gasteiger partial charge in [-0.1, -0.05) is 12.1 Å². The van der Waals surface area contributed by atoms with Gasteiger partial charge in [-0.2, -0.15) is 5.10 Å². The average molecular weight is 413 g/mol. The van der Waals surface area contributed by atoms with E-state index in [1.807, 2.05) is 24.3 Å². The van der Waals surface area contributed by atoms with Gasteiger partial charge in [0.05, 0.1) is 7.11 Å². The maximum absolute atomic E-state index is 12.1. The quantitative estimate of drug-likeness (QED) is 0.459. The molecule has 0 atom stereocenters. The summed E-state index contributed by atoms with van der Waals surface area (Å²) in [5.74, 6) is 2.06. The van der Waals surface area contributed by atoms with Crippen molar-refractivity contribution in [1.82, 2.24) is 20.0 Å². The lowest BCUT2D eigenvalue weighted by Crippen LogP contribution is -2.07. The Morgan fingerprint density at radius 3 is 2.39 bits per heavy atom. The Morgan fingerprint density at radius 1 is 0.968 bits per heavy atom. The molecule has 1 amide bonds. The van der Waals surface area contributed by atoms with Crippen LogP contribution in [0.2, 0.25) is 0 Å². The summed E-state index contributed by atoms with van der Waals surface area (Å²) >= 11 is 0. The van der Waals surface area contributed by atoms with Gasteiger partial charge in [-0.15, -0.1) is 10.2 Å². The van der Waals surface area contributed by atoms with Crippen LogP contribution in [0.3, 0.4) is 0 Å². The Kier molecular flexibility index (Phi) is 5.99. The number of amides is 1. The molecule has 8 nitrogen and oxygen atoms in total. The summed E-state index contributed by atoms with van der Waals surface area (Å²) in [5, 5.41) is 15.0. The molecule has 2 aromatic carbocycles. The first-order chi connectivity index (χ1) is 15.2. The maximum Gasteiger partial charge on any atom is 0.248 e. The molecule has 0 aliphatic rings. The third-order valence-electron chi connectivity index (χ3n) is 4.25. The normalized spacial score (nSPS) is 10.7. The van der Waals surface area contributed by atoms with Crippen molar-refractivity contribution < 1.29 is 14.3 Å². The number of carbonyl (C=O) groups is 1. The van der Waals surface area contributed by atoms with Crippen LogP contribution in [-0.4, -0.2) is 33.0 Å². The molecule has 0 spiro atoms. The number of rotatable bonds is 7. The summed E-state index contributed by atoms with van der Waals surface area (Å²) in [7, 11) is 1.61. The van der Waals surface area contributed by atoms with Gasteiger partial charge in [0.1, 0.15) is 11.5 Å². The molecule has 0 aliphatic carbocycles. The molecule has 2 aromatic heterocycles. The minimum absolute atomic E-state index is 0.232. The van der Waals surface area contributed by atoms with E-state index < -0.39 is 0 Å². The molecule has 0 aliphatic heterocycles. The number of carbonyl (C=O) groups excluding carboxylic acids is 1. The fraction of sp³-hybridized carbons (Fsp3) is 0.0435. The van der Waals surface area contributed by atoms with Crippen molar-refractivity contribution in [2.24, 2.45) is 0 Å². The van der Waals surface area contributed by atoms with E-state index in [-0.39, 0.29) is 5.91 Å². The molecule has 0 saturated heterocycles. The topological polar surface area (TPSA) is 91.2 Å². The van der Waals surface area contributed by atoms with Crippen LogP contribution in [0.25, 0.3) is 11.9 Å². The second-order valence-corrected chi connectivity index (χ2v) is 6.40. The van der Waals surface area contributed by atoms with E-state index >= 15 is 0 Å². The second-order valence-electron chi connectivity index (χ2n) is 6.40. The van der Waals surface area contributed by atoms with E-state index in [4.69, 9.17) is 9.47 Å².